The second-order valence-corrected chi connectivity index (χ2v) is 6.62. The first-order chi connectivity index (χ1) is 9.59. The highest BCUT2D eigenvalue weighted by atomic mass is 16.4. The van der Waals surface area contributed by atoms with E-state index >= 15 is 0 Å². The second kappa shape index (κ2) is 5.26. The normalized spacial score (nSPS) is 37.0. The van der Waals surface area contributed by atoms with Crippen molar-refractivity contribution in [3.63, 3.8) is 0 Å². The highest BCUT2D eigenvalue weighted by molar-refractivity contribution is 5.84. The van der Waals surface area contributed by atoms with E-state index < -0.39 is 12.0 Å². The van der Waals surface area contributed by atoms with Crippen molar-refractivity contribution < 1.29 is 14.7 Å². The zero-order chi connectivity index (χ0) is 14.3. The summed E-state index contributed by atoms with van der Waals surface area (Å²) in [4.78, 5) is 27.7. The molecule has 3 rings (SSSR count). The fourth-order valence-electron chi connectivity index (χ4n) is 4.35. The molecule has 3 aliphatic rings. The van der Waals surface area contributed by atoms with Gasteiger partial charge in [0.05, 0.1) is 0 Å². The summed E-state index contributed by atoms with van der Waals surface area (Å²) in [6.07, 6.45) is 6.69. The lowest BCUT2D eigenvalue weighted by Crippen LogP contribution is -2.51. The topological polar surface area (TPSA) is 60.9 Å². The Morgan fingerprint density at radius 2 is 1.70 bits per heavy atom. The maximum absolute atomic E-state index is 12.8. The highest BCUT2D eigenvalue weighted by Crippen LogP contribution is 2.37. The molecule has 4 unspecified atom stereocenters. The first kappa shape index (κ1) is 13.7. The Kier molecular flexibility index (Phi) is 3.61. The SMILES string of the molecule is CC1CCN(C(=O)N2CCC3CCCCC32)C1C(=O)O. The molecular weight excluding hydrogens is 256 g/mol. The van der Waals surface area contributed by atoms with Crippen LogP contribution in [0, 0.1) is 11.8 Å². The number of urea groups is 1. The van der Waals surface area contributed by atoms with Crippen LogP contribution in [0.25, 0.3) is 0 Å². The molecule has 2 heterocycles. The van der Waals surface area contributed by atoms with E-state index in [-0.39, 0.29) is 11.9 Å². The van der Waals surface area contributed by atoms with Gasteiger partial charge in [0.15, 0.2) is 0 Å². The standard InChI is InChI=1S/C15H24N2O3/c1-10-6-8-17(13(10)14(18)19)15(20)16-9-7-11-4-2-3-5-12(11)16/h10-13H,2-9H2,1H3,(H,18,19). The molecule has 0 aromatic carbocycles. The number of carboxylic acid groups (broad SMARTS) is 1. The van der Waals surface area contributed by atoms with E-state index in [9.17, 15) is 14.7 Å². The van der Waals surface area contributed by atoms with Crippen LogP contribution in [0.5, 0.6) is 0 Å². The van der Waals surface area contributed by atoms with E-state index in [4.69, 9.17) is 0 Å². The van der Waals surface area contributed by atoms with Gasteiger partial charge in [-0.3, -0.25) is 0 Å². The largest absolute Gasteiger partial charge is 0.480 e. The molecular formula is C15H24N2O3. The number of likely N-dealkylation sites (tertiary alicyclic amines) is 2. The van der Waals surface area contributed by atoms with Gasteiger partial charge in [0.2, 0.25) is 0 Å². The maximum atomic E-state index is 12.8. The fraction of sp³-hybridized carbons (Fsp3) is 0.867. The van der Waals surface area contributed by atoms with Crippen LogP contribution in [0.3, 0.4) is 0 Å². The minimum absolute atomic E-state index is 0.0313. The van der Waals surface area contributed by atoms with Gasteiger partial charge in [-0.15, -0.1) is 0 Å². The van der Waals surface area contributed by atoms with E-state index in [1.165, 1.54) is 19.3 Å². The Labute approximate surface area is 119 Å². The summed E-state index contributed by atoms with van der Waals surface area (Å²) < 4.78 is 0. The van der Waals surface area contributed by atoms with Crippen molar-refractivity contribution in [2.45, 2.75) is 57.5 Å². The molecule has 2 amide bonds. The fourth-order valence-corrected chi connectivity index (χ4v) is 4.35. The monoisotopic (exact) mass is 280 g/mol. The molecule has 3 fully saturated rings. The van der Waals surface area contributed by atoms with Gasteiger partial charge in [0.25, 0.3) is 0 Å². The third kappa shape index (κ3) is 2.17. The highest BCUT2D eigenvalue weighted by Gasteiger charge is 2.45. The van der Waals surface area contributed by atoms with E-state index in [1.54, 1.807) is 4.90 Å². The number of amides is 2. The summed E-state index contributed by atoms with van der Waals surface area (Å²) in [5, 5.41) is 9.37. The van der Waals surface area contributed by atoms with Crippen LogP contribution in [0.15, 0.2) is 0 Å². The molecule has 0 spiro atoms. The molecule has 112 valence electrons. The molecule has 1 saturated carbocycles. The zero-order valence-corrected chi connectivity index (χ0v) is 12.1. The number of rotatable bonds is 1. The van der Waals surface area contributed by atoms with Gasteiger partial charge < -0.3 is 14.9 Å². The van der Waals surface area contributed by atoms with Gasteiger partial charge in [-0.05, 0) is 37.5 Å². The molecule has 2 saturated heterocycles. The van der Waals surface area contributed by atoms with Crippen molar-refractivity contribution in [1.82, 2.24) is 9.80 Å². The molecule has 0 radical (unpaired) electrons. The van der Waals surface area contributed by atoms with E-state index in [0.29, 0.717) is 18.5 Å². The molecule has 20 heavy (non-hydrogen) atoms. The number of carbonyl (C=O) groups excluding carboxylic acids is 1. The molecule has 5 nitrogen and oxygen atoms in total. The number of fused-ring (bicyclic) bond motifs is 1. The molecule has 4 atom stereocenters. The Morgan fingerprint density at radius 1 is 1.00 bits per heavy atom. The predicted molar refractivity (Wildman–Crippen MR) is 74.4 cm³/mol. The van der Waals surface area contributed by atoms with Gasteiger partial charge in [-0.25, -0.2) is 9.59 Å². The van der Waals surface area contributed by atoms with Gasteiger partial charge in [0, 0.05) is 19.1 Å². The van der Waals surface area contributed by atoms with Crippen LogP contribution >= 0.6 is 0 Å². The van der Waals surface area contributed by atoms with Crippen LogP contribution in [0.4, 0.5) is 4.79 Å². The number of nitrogens with zero attached hydrogens (tertiary/aromatic N) is 2. The van der Waals surface area contributed by atoms with Crippen molar-refractivity contribution >= 4 is 12.0 Å². The smallest absolute Gasteiger partial charge is 0.326 e. The average molecular weight is 280 g/mol. The minimum atomic E-state index is -0.859. The van der Waals surface area contributed by atoms with E-state index in [0.717, 1.165) is 25.8 Å². The van der Waals surface area contributed by atoms with Crippen molar-refractivity contribution in [1.29, 1.82) is 0 Å². The maximum Gasteiger partial charge on any atom is 0.326 e. The summed E-state index contributed by atoms with van der Waals surface area (Å²) in [6, 6.07) is -0.303. The predicted octanol–water partition coefficient (Wildman–Crippen LogP) is 2.17. The van der Waals surface area contributed by atoms with Crippen molar-refractivity contribution in [2.24, 2.45) is 11.8 Å². The first-order valence-corrected chi connectivity index (χ1v) is 7.89. The molecule has 1 N–H and O–H groups in total. The molecule has 0 bridgehead atoms. The van der Waals surface area contributed by atoms with Crippen molar-refractivity contribution in [3.8, 4) is 0 Å². The lowest BCUT2D eigenvalue weighted by Gasteiger charge is -2.35. The van der Waals surface area contributed by atoms with Gasteiger partial charge in [-0.1, -0.05) is 19.8 Å². The first-order valence-electron chi connectivity index (χ1n) is 7.89. The summed E-state index contributed by atoms with van der Waals surface area (Å²) in [5.74, 6) is -0.153. The summed E-state index contributed by atoms with van der Waals surface area (Å²) >= 11 is 0. The molecule has 1 aliphatic carbocycles. The number of aliphatic carboxylic acids is 1. The van der Waals surface area contributed by atoms with Crippen LogP contribution in [0.2, 0.25) is 0 Å². The van der Waals surface area contributed by atoms with Crippen molar-refractivity contribution in [2.75, 3.05) is 13.1 Å². The number of hydrogen-bond acceptors (Lipinski definition) is 2. The number of carbonyl (C=O) groups is 2. The summed E-state index contributed by atoms with van der Waals surface area (Å²) in [7, 11) is 0. The van der Waals surface area contributed by atoms with Gasteiger partial charge in [-0.2, -0.15) is 0 Å². The van der Waals surface area contributed by atoms with Crippen LogP contribution in [0.1, 0.15) is 45.4 Å². The van der Waals surface area contributed by atoms with E-state index in [1.807, 2.05) is 11.8 Å². The summed E-state index contributed by atoms with van der Waals surface area (Å²) in [5.41, 5.74) is 0. The summed E-state index contributed by atoms with van der Waals surface area (Å²) in [6.45, 7) is 3.33. The Morgan fingerprint density at radius 3 is 2.45 bits per heavy atom. The Bertz CT molecular complexity index is 412. The zero-order valence-electron chi connectivity index (χ0n) is 12.1. The molecule has 2 aliphatic heterocycles. The van der Waals surface area contributed by atoms with E-state index in [2.05, 4.69) is 0 Å². The van der Waals surface area contributed by atoms with Gasteiger partial charge >= 0.3 is 12.0 Å². The van der Waals surface area contributed by atoms with Crippen LogP contribution in [-0.4, -0.2) is 52.1 Å². The molecule has 0 aromatic rings. The average Bonchev–Trinajstić information content (AvgIpc) is 3.01. The number of carboxylic acids is 1. The van der Waals surface area contributed by atoms with Crippen LogP contribution < -0.4 is 0 Å². The Balaban J connectivity index is 1.74. The van der Waals surface area contributed by atoms with Gasteiger partial charge in [0.1, 0.15) is 6.04 Å². The Hall–Kier alpha value is -1.26. The molecule has 0 aromatic heterocycles. The quantitative estimate of drug-likeness (QED) is 0.800. The minimum Gasteiger partial charge on any atom is -0.480 e. The lowest BCUT2D eigenvalue weighted by molar-refractivity contribution is -0.142. The lowest BCUT2D eigenvalue weighted by atomic mass is 9.85. The third-order valence-corrected chi connectivity index (χ3v) is 5.45. The third-order valence-electron chi connectivity index (χ3n) is 5.45. The van der Waals surface area contributed by atoms with Crippen molar-refractivity contribution in [3.05, 3.63) is 0 Å². The second-order valence-electron chi connectivity index (χ2n) is 6.62. The van der Waals surface area contributed by atoms with Crippen LogP contribution in [-0.2, 0) is 4.79 Å². The molecule has 5 heteroatoms. The number of hydrogen-bond donors (Lipinski definition) is 1.